The molecule has 0 radical (unpaired) electrons. The predicted octanol–water partition coefficient (Wildman–Crippen LogP) is 8.13. The van der Waals surface area contributed by atoms with Gasteiger partial charge in [0.2, 0.25) is 0 Å². The summed E-state index contributed by atoms with van der Waals surface area (Å²) < 4.78 is 25.0. The van der Waals surface area contributed by atoms with E-state index >= 15 is 0 Å². The molecule has 2 saturated heterocycles. The van der Waals surface area contributed by atoms with E-state index in [-0.39, 0.29) is 23.8 Å². The van der Waals surface area contributed by atoms with Crippen molar-refractivity contribution in [3.05, 3.63) is 0 Å². The highest BCUT2D eigenvalue weighted by Crippen LogP contribution is 2.47. The Balaban J connectivity index is 0.000000230. The van der Waals surface area contributed by atoms with Crippen molar-refractivity contribution in [1.29, 1.82) is 0 Å². The van der Waals surface area contributed by atoms with E-state index in [1.54, 1.807) is 0 Å². The molecule has 42 heavy (non-hydrogen) atoms. The van der Waals surface area contributed by atoms with Gasteiger partial charge in [0.05, 0.1) is 25.4 Å². The molecule has 0 aromatic heterocycles. The molecule has 2 aliphatic heterocycles. The van der Waals surface area contributed by atoms with Gasteiger partial charge in [-0.05, 0) is 87.4 Å². The molecule has 2 heterocycles. The lowest BCUT2D eigenvalue weighted by molar-refractivity contribution is -0.198. The van der Waals surface area contributed by atoms with E-state index in [9.17, 15) is 0 Å². The summed E-state index contributed by atoms with van der Waals surface area (Å²) in [7, 11) is 0. The van der Waals surface area contributed by atoms with Crippen LogP contribution in [0.5, 0.6) is 0 Å². The Morgan fingerprint density at radius 2 is 0.905 bits per heavy atom. The van der Waals surface area contributed by atoms with Crippen LogP contribution in [0.25, 0.3) is 0 Å². The highest BCUT2D eigenvalue weighted by atomic mass is 16.7. The van der Waals surface area contributed by atoms with Gasteiger partial charge in [-0.2, -0.15) is 0 Å². The van der Waals surface area contributed by atoms with E-state index < -0.39 is 0 Å². The largest absolute Gasteiger partial charge is 0.347 e. The van der Waals surface area contributed by atoms with E-state index in [2.05, 4.69) is 79.0 Å². The number of rotatable bonds is 10. The van der Waals surface area contributed by atoms with E-state index in [4.69, 9.17) is 18.9 Å². The summed E-state index contributed by atoms with van der Waals surface area (Å²) in [5.41, 5.74) is 0.833. The summed E-state index contributed by atoms with van der Waals surface area (Å²) >= 11 is 0. The fraction of sp³-hybridized carbons (Fsp3) is 1.00. The molecule has 0 bridgehead atoms. The maximum atomic E-state index is 6.37. The van der Waals surface area contributed by atoms with Crippen molar-refractivity contribution >= 4 is 0 Å². The van der Waals surface area contributed by atoms with E-state index in [1.807, 2.05) is 0 Å². The minimum absolute atomic E-state index is 0.252. The molecular weight excluding hydrogens is 524 g/mol. The lowest BCUT2D eigenvalue weighted by Gasteiger charge is -2.41. The molecular formula is C36H70N2O4. The highest BCUT2D eigenvalue weighted by molar-refractivity contribution is 4.90. The van der Waals surface area contributed by atoms with Crippen molar-refractivity contribution in [3.63, 3.8) is 0 Å². The van der Waals surface area contributed by atoms with Gasteiger partial charge in [0, 0.05) is 38.8 Å². The summed E-state index contributed by atoms with van der Waals surface area (Å²) in [5.74, 6) is 1.11. The first-order valence-corrected chi connectivity index (χ1v) is 17.8. The summed E-state index contributed by atoms with van der Waals surface area (Å²) in [6.07, 6.45) is 12.2. The van der Waals surface area contributed by atoms with Crippen molar-refractivity contribution in [2.75, 3.05) is 52.5 Å². The van der Waals surface area contributed by atoms with Gasteiger partial charge in [-0.1, -0.05) is 69.2 Å². The molecule has 6 nitrogen and oxygen atoms in total. The molecule has 0 N–H and O–H groups in total. The van der Waals surface area contributed by atoms with Gasteiger partial charge in [-0.25, -0.2) is 0 Å². The standard InChI is InChI=1S/2C18H35NO2/c2*1-6-12-19(7-2)13-16-14-20-18(21-16)10-8-15(9-11-18)17(3,4)5/h2*15-16H,6-14H2,1-5H3. The first-order valence-electron chi connectivity index (χ1n) is 17.8. The van der Waals surface area contributed by atoms with Crippen LogP contribution in [0.1, 0.15) is 133 Å². The summed E-state index contributed by atoms with van der Waals surface area (Å²) in [4.78, 5) is 4.96. The minimum atomic E-state index is -0.252. The molecule has 0 aromatic carbocycles. The second-order valence-corrected chi connectivity index (χ2v) is 16.0. The first kappa shape index (κ1) is 36.2. The van der Waals surface area contributed by atoms with Crippen molar-refractivity contribution < 1.29 is 18.9 Å². The second kappa shape index (κ2) is 15.9. The smallest absolute Gasteiger partial charge is 0.168 e. The van der Waals surface area contributed by atoms with Gasteiger partial charge in [0.1, 0.15) is 0 Å². The van der Waals surface area contributed by atoms with Crippen LogP contribution in [-0.4, -0.2) is 86.1 Å². The third-order valence-corrected chi connectivity index (χ3v) is 10.7. The Labute approximate surface area is 260 Å². The van der Waals surface area contributed by atoms with Crippen molar-refractivity contribution in [3.8, 4) is 0 Å². The Bertz CT molecular complexity index is 695. The van der Waals surface area contributed by atoms with Crippen molar-refractivity contribution in [2.24, 2.45) is 22.7 Å². The van der Waals surface area contributed by atoms with Crippen LogP contribution in [0.2, 0.25) is 0 Å². The number of ether oxygens (including phenoxy) is 4. The molecule has 248 valence electrons. The molecule has 2 saturated carbocycles. The van der Waals surface area contributed by atoms with Crippen LogP contribution in [0.4, 0.5) is 0 Å². The molecule has 0 aromatic rings. The fourth-order valence-electron chi connectivity index (χ4n) is 7.75. The molecule has 0 amide bonds. The summed E-state index contributed by atoms with van der Waals surface area (Å²) in [5, 5.41) is 0. The first-order chi connectivity index (χ1) is 19.8. The van der Waals surface area contributed by atoms with Gasteiger partial charge in [0.25, 0.3) is 0 Å². The van der Waals surface area contributed by atoms with Gasteiger partial charge in [-0.3, -0.25) is 0 Å². The molecule has 2 aliphatic carbocycles. The molecule has 4 aliphatic rings. The van der Waals surface area contributed by atoms with Crippen LogP contribution < -0.4 is 0 Å². The van der Waals surface area contributed by atoms with Gasteiger partial charge >= 0.3 is 0 Å². The summed E-state index contributed by atoms with van der Waals surface area (Å²) in [6.45, 7) is 31.2. The van der Waals surface area contributed by atoms with Crippen LogP contribution in [0.15, 0.2) is 0 Å². The molecule has 2 unspecified atom stereocenters. The number of nitrogens with zero attached hydrogens (tertiary/aromatic N) is 2. The predicted molar refractivity (Wildman–Crippen MR) is 175 cm³/mol. The van der Waals surface area contributed by atoms with Gasteiger partial charge in [0.15, 0.2) is 11.6 Å². The third-order valence-electron chi connectivity index (χ3n) is 10.7. The number of hydrogen-bond donors (Lipinski definition) is 0. The normalized spacial score (nSPS) is 34.0. The Morgan fingerprint density at radius 3 is 1.17 bits per heavy atom. The average Bonchev–Trinajstić information content (AvgIpc) is 3.51. The molecule has 6 heteroatoms. The van der Waals surface area contributed by atoms with Crippen LogP contribution >= 0.6 is 0 Å². The highest BCUT2D eigenvalue weighted by Gasteiger charge is 2.47. The zero-order chi connectivity index (χ0) is 31.0. The Morgan fingerprint density at radius 1 is 0.571 bits per heavy atom. The van der Waals surface area contributed by atoms with Crippen LogP contribution in [0.3, 0.4) is 0 Å². The topological polar surface area (TPSA) is 43.4 Å². The third kappa shape index (κ3) is 10.4. The van der Waals surface area contributed by atoms with E-state index in [1.165, 1.54) is 38.5 Å². The zero-order valence-corrected chi connectivity index (χ0v) is 29.6. The lowest BCUT2D eigenvalue weighted by Crippen LogP contribution is -2.40. The van der Waals surface area contributed by atoms with Crippen molar-refractivity contribution in [2.45, 2.75) is 157 Å². The lowest BCUT2D eigenvalue weighted by atomic mass is 9.71. The SMILES string of the molecule is CCCN(CC)CC1COC2(CCC(C(C)(C)C)CC2)O1.CCCN(CC)CC1COC2(CCC(C(C)(C)C)CC2)O1. The second-order valence-electron chi connectivity index (χ2n) is 16.0. The monoisotopic (exact) mass is 595 g/mol. The molecule has 2 spiro atoms. The molecule has 4 rings (SSSR count). The quantitative estimate of drug-likeness (QED) is 0.254. The zero-order valence-electron chi connectivity index (χ0n) is 29.6. The maximum Gasteiger partial charge on any atom is 0.168 e. The van der Waals surface area contributed by atoms with Gasteiger partial charge < -0.3 is 28.7 Å². The summed E-state index contributed by atoms with van der Waals surface area (Å²) in [6, 6.07) is 0. The fourth-order valence-corrected chi connectivity index (χ4v) is 7.75. The average molecular weight is 595 g/mol. The Hall–Kier alpha value is -0.240. The molecule has 4 fully saturated rings. The van der Waals surface area contributed by atoms with Crippen molar-refractivity contribution in [1.82, 2.24) is 9.80 Å². The van der Waals surface area contributed by atoms with E-state index in [0.717, 1.165) is 90.0 Å². The van der Waals surface area contributed by atoms with Crippen LogP contribution in [0, 0.1) is 22.7 Å². The number of likely N-dealkylation sites (N-methyl/N-ethyl adjacent to an activating group) is 2. The Kier molecular flexibility index (Phi) is 13.7. The number of hydrogen-bond acceptors (Lipinski definition) is 6. The minimum Gasteiger partial charge on any atom is -0.347 e. The van der Waals surface area contributed by atoms with E-state index in [0.29, 0.717) is 10.8 Å². The molecule has 2 atom stereocenters. The van der Waals surface area contributed by atoms with Crippen LogP contribution in [-0.2, 0) is 18.9 Å². The maximum absolute atomic E-state index is 6.37. The van der Waals surface area contributed by atoms with Gasteiger partial charge in [-0.15, -0.1) is 0 Å².